The molecule has 2 atom stereocenters. The van der Waals surface area contributed by atoms with Crippen LogP contribution in [0.4, 0.5) is 18.9 Å². The lowest BCUT2D eigenvalue weighted by molar-refractivity contribution is -0.137. The van der Waals surface area contributed by atoms with E-state index in [1.54, 1.807) is 0 Å². The molecule has 1 saturated heterocycles. The molecular formula is C15H15F3N2. The molecule has 1 aliphatic carbocycles. The molecule has 1 heterocycles. The van der Waals surface area contributed by atoms with Crippen molar-refractivity contribution in [1.29, 1.82) is 5.26 Å². The van der Waals surface area contributed by atoms with Crippen LogP contribution < -0.4 is 4.90 Å². The normalized spacial score (nSPS) is 25.6. The Bertz CT molecular complexity index is 547. The fraction of sp³-hybridized carbons (Fsp3) is 0.533. The van der Waals surface area contributed by atoms with Gasteiger partial charge in [-0.1, -0.05) is 6.42 Å². The monoisotopic (exact) mass is 280 g/mol. The predicted molar refractivity (Wildman–Crippen MR) is 69.2 cm³/mol. The lowest BCUT2D eigenvalue weighted by Gasteiger charge is -2.24. The number of halogens is 3. The highest BCUT2D eigenvalue weighted by molar-refractivity contribution is 5.59. The minimum Gasteiger partial charge on any atom is -0.370 e. The van der Waals surface area contributed by atoms with Crippen LogP contribution in [0.1, 0.15) is 30.4 Å². The fourth-order valence-electron chi connectivity index (χ4n) is 3.53. The number of benzene rings is 1. The van der Waals surface area contributed by atoms with Gasteiger partial charge in [0.25, 0.3) is 0 Å². The lowest BCUT2D eigenvalue weighted by Crippen LogP contribution is -2.24. The largest absolute Gasteiger partial charge is 0.418 e. The molecule has 3 rings (SSSR count). The van der Waals surface area contributed by atoms with Crippen molar-refractivity contribution in [3.05, 3.63) is 29.3 Å². The Morgan fingerprint density at radius 1 is 1.15 bits per heavy atom. The summed E-state index contributed by atoms with van der Waals surface area (Å²) in [6, 6.07) is 5.57. The van der Waals surface area contributed by atoms with Gasteiger partial charge in [0.2, 0.25) is 0 Å². The number of nitriles is 1. The van der Waals surface area contributed by atoms with Gasteiger partial charge in [-0.15, -0.1) is 0 Å². The van der Waals surface area contributed by atoms with Gasteiger partial charge >= 0.3 is 6.18 Å². The topological polar surface area (TPSA) is 27.0 Å². The van der Waals surface area contributed by atoms with Gasteiger partial charge in [0.15, 0.2) is 0 Å². The maximum atomic E-state index is 13.1. The van der Waals surface area contributed by atoms with Crippen molar-refractivity contribution in [2.75, 3.05) is 18.0 Å². The van der Waals surface area contributed by atoms with E-state index in [1.807, 2.05) is 11.0 Å². The van der Waals surface area contributed by atoms with Crippen LogP contribution in [0.15, 0.2) is 18.2 Å². The number of rotatable bonds is 1. The van der Waals surface area contributed by atoms with E-state index in [4.69, 9.17) is 5.26 Å². The molecule has 1 aromatic carbocycles. The van der Waals surface area contributed by atoms with E-state index in [1.165, 1.54) is 18.6 Å². The molecule has 0 aromatic heterocycles. The van der Waals surface area contributed by atoms with Gasteiger partial charge in [-0.2, -0.15) is 18.4 Å². The van der Waals surface area contributed by atoms with Crippen LogP contribution in [0.25, 0.3) is 0 Å². The Morgan fingerprint density at radius 2 is 1.80 bits per heavy atom. The first kappa shape index (κ1) is 13.3. The molecule has 0 spiro atoms. The third kappa shape index (κ3) is 2.24. The third-order valence-electron chi connectivity index (χ3n) is 4.50. The van der Waals surface area contributed by atoms with Gasteiger partial charge in [0, 0.05) is 13.1 Å². The van der Waals surface area contributed by atoms with E-state index in [2.05, 4.69) is 0 Å². The van der Waals surface area contributed by atoms with Gasteiger partial charge in [0.1, 0.15) is 0 Å². The molecule has 2 fully saturated rings. The molecule has 2 aliphatic rings. The minimum absolute atomic E-state index is 0.172. The molecule has 0 bridgehead atoms. The predicted octanol–water partition coefficient (Wildman–Crippen LogP) is 3.81. The zero-order chi connectivity index (χ0) is 14.3. The highest BCUT2D eigenvalue weighted by Gasteiger charge is 2.40. The van der Waals surface area contributed by atoms with Crippen molar-refractivity contribution in [3.63, 3.8) is 0 Å². The maximum Gasteiger partial charge on any atom is 0.418 e. The summed E-state index contributed by atoms with van der Waals surface area (Å²) in [5.41, 5.74) is -0.174. The van der Waals surface area contributed by atoms with Crippen LogP contribution in [0.5, 0.6) is 0 Å². The van der Waals surface area contributed by atoms with Gasteiger partial charge in [-0.3, -0.25) is 0 Å². The van der Waals surface area contributed by atoms with Crippen LogP contribution in [-0.4, -0.2) is 13.1 Å². The molecule has 2 nitrogen and oxygen atoms in total. The summed E-state index contributed by atoms with van der Waals surface area (Å²) in [5, 5.41) is 8.91. The third-order valence-corrected chi connectivity index (χ3v) is 4.50. The molecule has 20 heavy (non-hydrogen) atoms. The van der Waals surface area contributed by atoms with Gasteiger partial charge in [-0.25, -0.2) is 0 Å². The minimum atomic E-state index is -4.37. The van der Waals surface area contributed by atoms with Gasteiger partial charge in [0.05, 0.1) is 22.9 Å². The first-order chi connectivity index (χ1) is 9.49. The van der Waals surface area contributed by atoms with E-state index in [-0.39, 0.29) is 11.3 Å². The first-order valence-corrected chi connectivity index (χ1v) is 6.85. The summed E-state index contributed by atoms with van der Waals surface area (Å²) in [5.74, 6) is 1.03. The van der Waals surface area contributed by atoms with Crippen LogP contribution in [0, 0.1) is 23.2 Å². The van der Waals surface area contributed by atoms with Crippen LogP contribution in [0.3, 0.4) is 0 Å². The SMILES string of the molecule is N#Cc1ccc(C(F)(F)F)c(N2CC3CCCC3C2)c1. The summed E-state index contributed by atoms with van der Waals surface area (Å²) in [4.78, 5) is 1.82. The Balaban J connectivity index is 1.97. The molecular weight excluding hydrogens is 265 g/mol. The van der Waals surface area contributed by atoms with E-state index in [9.17, 15) is 13.2 Å². The van der Waals surface area contributed by atoms with Crippen LogP contribution in [-0.2, 0) is 6.18 Å². The quantitative estimate of drug-likeness (QED) is 0.782. The van der Waals surface area contributed by atoms with Gasteiger partial charge < -0.3 is 4.90 Å². The van der Waals surface area contributed by atoms with E-state index in [0.717, 1.165) is 18.9 Å². The number of fused-ring (bicyclic) bond motifs is 1. The summed E-state index contributed by atoms with van der Waals surface area (Å²) in [6.07, 6.45) is -0.963. The van der Waals surface area contributed by atoms with Crippen molar-refractivity contribution >= 4 is 5.69 Å². The summed E-state index contributed by atoms with van der Waals surface area (Å²) in [7, 11) is 0. The second kappa shape index (κ2) is 4.69. The van der Waals surface area contributed by atoms with Crippen molar-refractivity contribution in [2.24, 2.45) is 11.8 Å². The van der Waals surface area contributed by atoms with Crippen molar-refractivity contribution in [1.82, 2.24) is 0 Å². The smallest absolute Gasteiger partial charge is 0.370 e. The van der Waals surface area contributed by atoms with Crippen molar-refractivity contribution in [2.45, 2.75) is 25.4 Å². The number of hydrogen-bond acceptors (Lipinski definition) is 2. The second-order valence-electron chi connectivity index (χ2n) is 5.70. The summed E-state index contributed by atoms with van der Waals surface area (Å²) >= 11 is 0. The Kier molecular flexibility index (Phi) is 3.12. The Hall–Kier alpha value is -1.70. The van der Waals surface area contributed by atoms with Crippen molar-refractivity contribution in [3.8, 4) is 6.07 Å². The number of nitrogens with zero attached hydrogens (tertiary/aromatic N) is 2. The number of anilines is 1. The highest BCUT2D eigenvalue weighted by Crippen LogP contribution is 2.43. The maximum absolute atomic E-state index is 13.1. The van der Waals surface area contributed by atoms with E-state index < -0.39 is 11.7 Å². The first-order valence-electron chi connectivity index (χ1n) is 6.85. The molecule has 5 heteroatoms. The average molecular weight is 280 g/mol. The van der Waals surface area contributed by atoms with Gasteiger partial charge in [-0.05, 0) is 42.9 Å². The van der Waals surface area contributed by atoms with Crippen molar-refractivity contribution < 1.29 is 13.2 Å². The molecule has 1 saturated carbocycles. The zero-order valence-electron chi connectivity index (χ0n) is 11.0. The molecule has 1 aliphatic heterocycles. The number of alkyl halides is 3. The average Bonchev–Trinajstić information content (AvgIpc) is 2.97. The van der Waals surface area contributed by atoms with Crippen LogP contribution >= 0.6 is 0 Å². The molecule has 0 N–H and O–H groups in total. The number of hydrogen-bond donors (Lipinski definition) is 0. The molecule has 106 valence electrons. The summed E-state index contributed by atoms with van der Waals surface area (Å²) < 4.78 is 39.4. The Labute approximate surface area is 115 Å². The highest BCUT2D eigenvalue weighted by atomic mass is 19.4. The van der Waals surface area contributed by atoms with E-state index >= 15 is 0 Å². The standard InChI is InChI=1S/C15H15F3N2/c16-15(17,18)13-5-4-10(7-19)6-14(13)20-8-11-2-1-3-12(11)9-20/h4-6,11-12H,1-3,8-9H2. The lowest BCUT2D eigenvalue weighted by atomic mass is 10.0. The second-order valence-corrected chi connectivity index (χ2v) is 5.70. The zero-order valence-corrected chi connectivity index (χ0v) is 11.0. The molecule has 2 unspecified atom stereocenters. The fourth-order valence-corrected chi connectivity index (χ4v) is 3.53. The van der Waals surface area contributed by atoms with E-state index in [0.29, 0.717) is 24.9 Å². The molecule has 0 radical (unpaired) electrons. The Morgan fingerprint density at radius 3 is 2.35 bits per heavy atom. The summed E-state index contributed by atoms with van der Waals surface area (Å²) in [6.45, 7) is 1.37. The molecule has 1 aromatic rings. The van der Waals surface area contributed by atoms with Crippen LogP contribution in [0.2, 0.25) is 0 Å². The molecule has 0 amide bonds.